The van der Waals surface area contributed by atoms with E-state index in [1.165, 1.54) is 0 Å². The van der Waals surface area contributed by atoms with Crippen molar-refractivity contribution >= 4 is 28.7 Å². The molecule has 3 atom stereocenters. The number of aromatic carboxylic acids is 1. The van der Waals surface area contributed by atoms with Crippen LogP contribution in [0.2, 0.25) is 0 Å². The quantitative estimate of drug-likeness (QED) is 0.489. The third-order valence-corrected chi connectivity index (χ3v) is 8.03. The van der Waals surface area contributed by atoms with Crippen molar-refractivity contribution in [1.82, 2.24) is 9.47 Å². The second kappa shape index (κ2) is 9.78. The number of aromatic nitrogens is 1. The Hall–Kier alpha value is -3.65. The number of hydrogen-bond acceptors (Lipinski definition) is 4. The molecule has 1 saturated carbocycles. The number of carboxylic acids is 1. The van der Waals surface area contributed by atoms with Crippen LogP contribution in [0.25, 0.3) is 10.9 Å². The van der Waals surface area contributed by atoms with Gasteiger partial charge in [-0.2, -0.15) is 0 Å². The van der Waals surface area contributed by atoms with E-state index in [1.807, 2.05) is 54.6 Å². The molecule has 2 amide bonds. The van der Waals surface area contributed by atoms with Crippen LogP contribution >= 0.6 is 0 Å². The van der Waals surface area contributed by atoms with Crippen molar-refractivity contribution in [3.8, 4) is 0 Å². The van der Waals surface area contributed by atoms with Crippen molar-refractivity contribution in [3.05, 3.63) is 71.9 Å². The smallest absolute Gasteiger partial charge is 0.352 e. The molecule has 188 valence electrons. The first kappa shape index (κ1) is 24.1. The molecule has 2 aliphatic rings. The summed E-state index contributed by atoms with van der Waals surface area (Å²) in [6.07, 6.45) is 2.86. The SMILES string of the molecule is NCC1CCC(C(=O)N2C(n3c(C(=O)O)cc4ccccc43)C[C@@H](c3ccccc3)[C@H]2C(N)=O)CC1. The largest absolute Gasteiger partial charge is 0.477 e. The third kappa shape index (κ3) is 4.15. The van der Waals surface area contributed by atoms with Gasteiger partial charge in [-0.15, -0.1) is 0 Å². The highest BCUT2D eigenvalue weighted by Crippen LogP contribution is 2.46. The van der Waals surface area contributed by atoms with Gasteiger partial charge in [-0.05, 0) is 62.3 Å². The first-order valence-corrected chi connectivity index (χ1v) is 12.6. The van der Waals surface area contributed by atoms with Crippen LogP contribution in [0, 0.1) is 11.8 Å². The fraction of sp³-hybridized carbons (Fsp3) is 0.393. The summed E-state index contributed by atoms with van der Waals surface area (Å²) in [6, 6.07) is 17.7. The van der Waals surface area contributed by atoms with Crippen molar-refractivity contribution in [2.45, 2.75) is 50.2 Å². The van der Waals surface area contributed by atoms with Gasteiger partial charge in [0.15, 0.2) is 0 Å². The molecular formula is C28H32N4O4. The second-order valence-electron chi connectivity index (χ2n) is 10.0. The molecule has 1 aromatic heterocycles. The minimum absolute atomic E-state index is 0.0859. The molecule has 0 spiro atoms. The van der Waals surface area contributed by atoms with E-state index >= 15 is 0 Å². The fourth-order valence-corrected chi connectivity index (χ4v) is 6.23. The summed E-state index contributed by atoms with van der Waals surface area (Å²) < 4.78 is 1.71. The number of carbonyl (C=O) groups is 3. The molecule has 1 unspecified atom stereocenters. The number of amides is 2. The highest BCUT2D eigenvalue weighted by atomic mass is 16.4. The van der Waals surface area contributed by atoms with E-state index < -0.39 is 24.1 Å². The Labute approximate surface area is 209 Å². The first-order valence-electron chi connectivity index (χ1n) is 12.6. The standard InChI is InChI=1S/C28H32N4O4/c29-16-17-10-12-19(13-11-17)27(34)32-24(15-21(25(32)26(30)33)18-6-2-1-3-7-18)31-22-9-5-4-8-20(22)14-23(31)28(35)36/h1-9,14,17,19,21,24-25H,10-13,15-16,29H2,(H2,30,33)(H,35,36)/t17?,19?,21-,24?,25-/m0/s1. The van der Waals surface area contributed by atoms with Gasteiger partial charge in [-0.3, -0.25) is 9.59 Å². The lowest BCUT2D eigenvalue weighted by Crippen LogP contribution is -2.50. The number of likely N-dealkylation sites (tertiary alicyclic amines) is 1. The molecule has 2 fully saturated rings. The molecule has 5 rings (SSSR count). The Kier molecular flexibility index (Phi) is 6.53. The zero-order valence-electron chi connectivity index (χ0n) is 20.1. The highest BCUT2D eigenvalue weighted by Gasteiger charge is 2.50. The third-order valence-electron chi connectivity index (χ3n) is 8.03. The molecule has 2 aromatic carbocycles. The number of carbonyl (C=O) groups excluding carboxylic acids is 2. The summed E-state index contributed by atoms with van der Waals surface area (Å²) in [5, 5.41) is 10.9. The number of rotatable bonds is 6. The summed E-state index contributed by atoms with van der Waals surface area (Å²) in [5.41, 5.74) is 13.5. The number of hydrogen-bond donors (Lipinski definition) is 3. The zero-order valence-corrected chi connectivity index (χ0v) is 20.1. The summed E-state index contributed by atoms with van der Waals surface area (Å²) in [4.78, 5) is 41.0. The van der Waals surface area contributed by atoms with Crippen LogP contribution in [0.1, 0.15) is 60.2 Å². The monoisotopic (exact) mass is 488 g/mol. The summed E-state index contributed by atoms with van der Waals surface area (Å²) in [7, 11) is 0. The van der Waals surface area contributed by atoms with Gasteiger partial charge in [-0.25, -0.2) is 4.79 Å². The predicted molar refractivity (Wildman–Crippen MR) is 136 cm³/mol. The van der Waals surface area contributed by atoms with E-state index in [0.717, 1.165) is 23.8 Å². The molecule has 8 nitrogen and oxygen atoms in total. The Balaban J connectivity index is 1.64. The van der Waals surface area contributed by atoms with Gasteiger partial charge in [0.25, 0.3) is 0 Å². The average molecular weight is 489 g/mol. The Morgan fingerprint density at radius 3 is 2.25 bits per heavy atom. The topological polar surface area (TPSA) is 132 Å². The van der Waals surface area contributed by atoms with Crippen LogP contribution in [0.4, 0.5) is 0 Å². The summed E-state index contributed by atoms with van der Waals surface area (Å²) in [5.74, 6) is -1.99. The van der Waals surface area contributed by atoms with Crippen molar-refractivity contribution in [1.29, 1.82) is 0 Å². The number of fused-ring (bicyclic) bond motifs is 1. The lowest BCUT2D eigenvalue weighted by molar-refractivity contribution is -0.145. The number of nitrogens with zero attached hydrogens (tertiary/aromatic N) is 2. The molecule has 2 heterocycles. The number of nitrogens with two attached hydrogens (primary N) is 2. The minimum atomic E-state index is -1.08. The van der Waals surface area contributed by atoms with Gasteiger partial charge in [0.2, 0.25) is 11.8 Å². The van der Waals surface area contributed by atoms with Crippen LogP contribution in [-0.4, -0.2) is 44.9 Å². The molecule has 3 aromatic rings. The minimum Gasteiger partial charge on any atom is -0.477 e. The van der Waals surface area contributed by atoms with E-state index in [1.54, 1.807) is 15.5 Å². The zero-order chi connectivity index (χ0) is 25.4. The van der Waals surface area contributed by atoms with Gasteiger partial charge in [-0.1, -0.05) is 48.5 Å². The molecular weight excluding hydrogens is 456 g/mol. The molecule has 1 saturated heterocycles. The van der Waals surface area contributed by atoms with Crippen molar-refractivity contribution in [2.24, 2.45) is 23.3 Å². The number of para-hydroxylation sites is 1. The second-order valence-corrected chi connectivity index (χ2v) is 10.0. The molecule has 8 heteroatoms. The van der Waals surface area contributed by atoms with E-state index in [9.17, 15) is 19.5 Å². The predicted octanol–water partition coefficient (Wildman–Crippen LogP) is 3.47. The normalized spacial score (nSPS) is 26.2. The Morgan fingerprint density at radius 1 is 0.944 bits per heavy atom. The molecule has 5 N–H and O–H groups in total. The fourth-order valence-electron chi connectivity index (χ4n) is 6.23. The van der Waals surface area contributed by atoms with E-state index in [2.05, 4.69) is 0 Å². The van der Waals surface area contributed by atoms with Crippen LogP contribution in [0.15, 0.2) is 60.7 Å². The van der Waals surface area contributed by atoms with E-state index in [0.29, 0.717) is 37.2 Å². The maximum Gasteiger partial charge on any atom is 0.352 e. The Morgan fingerprint density at radius 2 is 1.61 bits per heavy atom. The van der Waals surface area contributed by atoms with Crippen LogP contribution in [0.5, 0.6) is 0 Å². The summed E-state index contributed by atoms with van der Waals surface area (Å²) >= 11 is 0. The first-order chi connectivity index (χ1) is 17.4. The molecule has 1 aliphatic carbocycles. The van der Waals surface area contributed by atoms with E-state index in [-0.39, 0.29) is 23.4 Å². The highest BCUT2D eigenvalue weighted by molar-refractivity contribution is 5.95. The summed E-state index contributed by atoms with van der Waals surface area (Å²) in [6.45, 7) is 0.602. The van der Waals surface area contributed by atoms with Crippen LogP contribution in [-0.2, 0) is 9.59 Å². The molecule has 0 bridgehead atoms. The van der Waals surface area contributed by atoms with Crippen LogP contribution < -0.4 is 11.5 Å². The molecule has 1 aliphatic heterocycles. The lowest BCUT2D eigenvalue weighted by Gasteiger charge is -2.36. The maximum absolute atomic E-state index is 14.1. The van der Waals surface area contributed by atoms with Gasteiger partial charge in [0.05, 0.1) is 5.52 Å². The van der Waals surface area contributed by atoms with Crippen molar-refractivity contribution in [2.75, 3.05) is 6.54 Å². The average Bonchev–Trinajstić information content (AvgIpc) is 3.48. The van der Waals surface area contributed by atoms with Gasteiger partial charge >= 0.3 is 5.97 Å². The molecule has 36 heavy (non-hydrogen) atoms. The number of primary amides is 1. The van der Waals surface area contributed by atoms with Crippen LogP contribution in [0.3, 0.4) is 0 Å². The van der Waals surface area contributed by atoms with Gasteiger partial charge in [0.1, 0.15) is 17.9 Å². The number of benzene rings is 2. The van der Waals surface area contributed by atoms with Crippen molar-refractivity contribution in [3.63, 3.8) is 0 Å². The lowest BCUT2D eigenvalue weighted by atomic mass is 9.81. The maximum atomic E-state index is 14.1. The van der Waals surface area contributed by atoms with Crippen molar-refractivity contribution < 1.29 is 19.5 Å². The van der Waals surface area contributed by atoms with Gasteiger partial charge < -0.3 is 26.0 Å². The van der Waals surface area contributed by atoms with E-state index in [4.69, 9.17) is 11.5 Å². The number of carboxylic acid groups (broad SMARTS) is 1. The Bertz CT molecular complexity index is 1280. The molecule has 0 radical (unpaired) electrons. The van der Waals surface area contributed by atoms with Gasteiger partial charge in [0, 0.05) is 17.2 Å².